The monoisotopic (exact) mass is 486 g/mol. The van der Waals surface area contributed by atoms with E-state index in [-0.39, 0.29) is 11.8 Å². The minimum absolute atomic E-state index is 0.0464. The van der Waals surface area contributed by atoms with Gasteiger partial charge < -0.3 is 15.2 Å². The molecule has 2 amide bonds. The average molecular weight is 487 g/mol. The molecule has 9 heteroatoms. The third kappa shape index (κ3) is 6.45. The smallest absolute Gasteiger partial charge is 0.243 e. The van der Waals surface area contributed by atoms with Crippen molar-refractivity contribution in [3.05, 3.63) is 67.0 Å². The van der Waals surface area contributed by atoms with Gasteiger partial charge in [-0.3, -0.25) is 14.8 Å². The van der Waals surface area contributed by atoms with Crippen molar-refractivity contribution in [2.45, 2.75) is 38.5 Å². The first-order valence-electron chi connectivity index (χ1n) is 12.0. The number of unbranched alkanes of at least 4 members (excludes halogenated alkanes) is 3. The third-order valence-corrected chi connectivity index (χ3v) is 5.94. The summed E-state index contributed by atoms with van der Waals surface area (Å²) in [5.74, 6) is 0.0679. The highest BCUT2D eigenvalue weighted by Crippen LogP contribution is 2.29. The Bertz CT molecular complexity index is 1330. The van der Waals surface area contributed by atoms with Crippen molar-refractivity contribution in [2.75, 3.05) is 10.6 Å². The molecule has 0 aliphatic rings. The van der Waals surface area contributed by atoms with Crippen molar-refractivity contribution in [1.29, 1.82) is 0 Å². The maximum Gasteiger partial charge on any atom is 0.243 e. The number of amides is 2. The van der Waals surface area contributed by atoms with Gasteiger partial charge in [0.25, 0.3) is 0 Å². The zero-order valence-electron chi connectivity index (χ0n) is 20.2. The lowest BCUT2D eigenvalue weighted by molar-refractivity contribution is -0.129. The number of nitrogens with one attached hydrogen (secondary N) is 3. The molecule has 186 valence electrons. The second-order valence-electron chi connectivity index (χ2n) is 8.64. The molecule has 0 aliphatic carbocycles. The van der Waals surface area contributed by atoms with Crippen LogP contribution in [0, 0.1) is 0 Å². The lowest BCUT2D eigenvalue weighted by Crippen LogP contribution is -2.17. The minimum Gasteiger partial charge on any atom is -0.350 e. The lowest BCUT2D eigenvalue weighted by Gasteiger charge is -2.09. The second-order valence-corrected chi connectivity index (χ2v) is 8.64. The first kappa shape index (κ1) is 24.9. The van der Waals surface area contributed by atoms with E-state index in [2.05, 4.69) is 38.5 Å². The summed E-state index contributed by atoms with van der Waals surface area (Å²) in [4.78, 5) is 32.2. The molecule has 2 aromatic heterocycles. The SMILES string of the molecule is Cn1cc(-c2ccnc(Nc3ccc(NC(=O)CCCCCCC(=O)NO)cc3)n2)c2ccccc21. The molecule has 0 radical (unpaired) electrons. The van der Waals surface area contributed by atoms with Gasteiger partial charge in [0, 0.05) is 60.1 Å². The topological polar surface area (TPSA) is 121 Å². The number of aromatic nitrogens is 3. The van der Waals surface area contributed by atoms with E-state index in [0.29, 0.717) is 25.2 Å². The Morgan fingerprint density at radius 3 is 2.33 bits per heavy atom. The second kappa shape index (κ2) is 11.9. The average Bonchev–Trinajstić information content (AvgIpc) is 3.24. The summed E-state index contributed by atoms with van der Waals surface area (Å²) in [7, 11) is 2.02. The van der Waals surface area contributed by atoms with E-state index in [9.17, 15) is 9.59 Å². The molecular formula is C27H30N6O3. The van der Waals surface area contributed by atoms with Crippen LogP contribution in [0.3, 0.4) is 0 Å². The molecule has 0 spiro atoms. The lowest BCUT2D eigenvalue weighted by atomic mass is 10.1. The normalized spacial score (nSPS) is 10.8. The Morgan fingerprint density at radius 2 is 1.58 bits per heavy atom. The van der Waals surface area contributed by atoms with Gasteiger partial charge in [-0.05, 0) is 49.2 Å². The maximum atomic E-state index is 12.2. The Hall–Kier alpha value is -4.24. The fraction of sp³-hybridized carbons (Fsp3) is 0.259. The number of hydrogen-bond donors (Lipinski definition) is 4. The summed E-state index contributed by atoms with van der Waals surface area (Å²) in [6, 6.07) is 17.5. The number of carbonyl (C=O) groups excluding carboxylic acids is 2. The van der Waals surface area contributed by atoms with Crippen molar-refractivity contribution in [3.8, 4) is 11.3 Å². The molecule has 0 saturated carbocycles. The first-order chi connectivity index (χ1) is 17.5. The molecule has 0 aliphatic heterocycles. The molecule has 0 fully saturated rings. The Kier molecular flexibility index (Phi) is 8.25. The summed E-state index contributed by atoms with van der Waals surface area (Å²) < 4.78 is 2.09. The largest absolute Gasteiger partial charge is 0.350 e. The summed E-state index contributed by atoms with van der Waals surface area (Å²) in [5.41, 5.74) is 6.18. The van der Waals surface area contributed by atoms with E-state index >= 15 is 0 Å². The molecule has 2 heterocycles. The zero-order chi connectivity index (χ0) is 25.3. The van der Waals surface area contributed by atoms with Gasteiger partial charge in [0.05, 0.1) is 5.69 Å². The summed E-state index contributed by atoms with van der Waals surface area (Å²) >= 11 is 0. The zero-order valence-corrected chi connectivity index (χ0v) is 20.2. The maximum absolute atomic E-state index is 12.2. The number of para-hydroxylation sites is 1. The van der Waals surface area contributed by atoms with E-state index in [0.717, 1.165) is 52.8 Å². The van der Waals surface area contributed by atoms with Crippen LogP contribution < -0.4 is 16.1 Å². The highest BCUT2D eigenvalue weighted by atomic mass is 16.5. The Morgan fingerprint density at radius 1 is 0.889 bits per heavy atom. The van der Waals surface area contributed by atoms with Crippen molar-refractivity contribution in [1.82, 2.24) is 20.0 Å². The van der Waals surface area contributed by atoms with Gasteiger partial charge in [0.2, 0.25) is 17.8 Å². The van der Waals surface area contributed by atoms with Gasteiger partial charge in [-0.15, -0.1) is 0 Å². The van der Waals surface area contributed by atoms with E-state index in [4.69, 9.17) is 10.2 Å². The standard InChI is InChI=1S/C27H30N6O3/c1-33-18-22(21-8-6-7-9-24(21)33)23-16-17-28-27(31-23)30-20-14-12-19(13-15-20)29-25(34)10-4-2-3-5-11-26(35)32-36/h6-9,12-18,36H,2-5,10-11H2,1H3,(H,29,34)(H,32,35)(H,28,30,31). The van der Waals surface area contributed by atoms with Gasteiger partial charge in [0.1, 0.15) is 0 Å². The molecule has 36 heavy (non-hydrogen) atoms. The fourth-order valence-corrected chi connectivity index (χ4v) is 4.08. The van der Waals surface area contributed by atoms with E-state index in [1.807, 2.05) is 49.5 Å². The van der Waals surface area contributed by atoms with Crippen LogP contribution in [0.5, 0.6) is 0 Å². The fourth-order valence-electron chi connectivity index (χ4n) is 4.08. The summed E-state index contributed by atoms with van der Waals surface area (Å²) in [6.07, 6.45) is 7.65. The van der Waals surface area contributed by atoms with E-state index < -0.39 is 0 Å². The van der Waals surface area contributed by atoms with E-state index in [1.165, 1.54) is 0 Å². The third-order valence-electron chi connectivity index (χ3n) is 5.94. The van der Waals surface area contributed by atoms with Crippen LogP contribution in [-0.2, 0) is 16.6 Å². The summed E-state index contributed by atoms with van der Waals surface area (Å²) in [6.45, 7) is 0. The molecule has 4 N–H and O–H groups in total. The number of hydrogen-bond acceptors (Lipinski definition) is 6. The quantitative estimate of drug-likeness (QED) is 0.132. The molecular weight excluding hydrogens is 456 g/mol. The molecule has 4 rings (SSSR count). The van der Waals surface area contributed by atoms with Crippen molar-refractivity contribution in [3.63, 3.8) is 0 Å². The highest BCUT2D eigenvalue weighted by Gasteiger charge is 2.11. The van der Waals surface area contributed by atoms with Gasteiger partial charge in [-0.1, -0.05) is 31.0 Å². The van der Waals surface area contributed by atoms with E-state index in [1.54, 1.807) is 11.7 Å². The van der Waals surface area contributed by atoms with Crippen LogP contribution in [-0.4, -0.2) is 31.6 Å². The van der Waals surface area contributed by atoms with Crippen LogP contribution in [0.4, 0.5) is 17.3 Å². The number of rotatable bonds is 11. The molecule has 0 bridgehead atoms. The first-order valence-corrected chi connectivity index (χ1v) is 12.0. The number of hydroxylamine groups is 1. The number of fused-ring (bicyclic) bond motifs is 1. The molecule has 0 saturated heterocycles. The highest BCUT2D eigenvalue weighted by molar-refractivity contribution is 5.95. The van der Waals surface area contributed by atoms with Crippen molar-refractivity contribution >= 4 is 40.0 Å². The number of aryl methyl sites for hydroxylation is 1. The predicted molar refractivity (Wildman–Crippen MR) is 140 cm³/mol. The van der Waals surface area contributed by atoms with Gasteiger partial charge in [-0.2, -0.15) is 0 Å². The number of nitrogens with zero attached hydrogens (tertiary/aromatic N) is 3. The van der Waals surface area contributed by atoms with Crippen LogP contribution in [0.2, 0.25) is 0 Å². The number of anilines is 3. The molecule has 9 nitrogen and oxygen atoms in total. The molecule has 0 atom stereocenters. The Labute approximate surface area is 209 Å². The molecule has 4 aromatic rings. The van der Waals surface area contributed by atoms with Crippen LogP contribution in [0.25, 0.3) is 22.2 Å². The van der Waals surface area contributed by atoms with Gasteiger partial charge in [0.15, 0.2) is 0 Å². The molecule has 0 unspecified atom stereocenters. The minimum atomic E-state index is -0.380. The Balaban J connectivity index is 1.29. The van der Waals surface area contributed by atoms with Crippen LogP contribution >= 0.6 is 0 Å². The van der Waals surface area contributed by atoms with Crippen molar-refractivity contribution < 1.29 is 14.8 Å². The van der Waals surface area contributed by atoms with Crippen molar-refractivity contribution in [2.24, 2.45) is 7.05 Å². The number of benzene rings is 2. The summed E-state index contributed by atoms with van der Waals surface area (Å²) in [5, 5.41) is 15.7. The van der Waals surface area contributed by atoms with Gasteiger partial charge in [-0.25, -0.2) is 15.4 Å². The van der Waals surface area contributed by atoms with Crippen LogP contribution in [0.1, 0.15) is 38.5 Å². The predicted octanol–water partition coefficient (Wildman–Crippen LogP) is 5.16. The number of carbonyl (C=O) groups is 2. The van der Waals surface area contributed by atoms with Gasteiger partial charge >= 0.3 is 0 Å². The van der Waals surface area contributed by atoms with Crippen LogP contribution in [0.15, 0.2) is 67.0 Å². The molecule has 2 aromatic carbocycles.